The van der Waals surface area contributed by atoms with Gasteiger partial charge >= 0.3 is 0 Å². The summed E-state index contributed by atoms with van der Waals surface area (Å²) in [5, 5.41) is 0. The molecule has 0 unspecified atom stereocenters. The van der Waals surface area contributed by atoms with Gasteiger partial charge in [-0.15, -0.1) is 0 Å². The summed E-state index contributed by atoms with van der Waals surface area (Å²) in [5.41, 5.74) is -0.00556. The molecule has 0 aliphatic rings. The zero-order valence-corrected chi connectivity index (χ0v) is 7.62. The topological polar surface area (TPSA) is 43.4 Å². The molecule has 1 aromatic carbocycles. The molecule has 3 nitrogen and oxygen atoms in total. The predicted molar refractivity (Wildman–Crippen MR) is 48.3 cm³/mol. The number of carbonyl (C=O) groups is 2. The second kappa shape index (κ2) is 4.50. The predicted octanol–water partition coefficient (Wildman–Crippen LogP) is 1.85. The standard InChI is InChI=1S/C10H9FO3/c1-2-14-10-4-7(5-12)3-9(11)8(10)6-13/h3-6H,2H2,1H3. The van der Waals surface area contributed by atoms with E-state index >= 15 is 0 Å². The summed E-state index contributed by atoms with van der Waals surface area (Å²) in [5.74, 6) is -0.641. The average molecular weight is 196 g/mol. The van der Waals surface area contributed by atoms with E-state index in [2.05, 4.69) is 0 Å². The molecule has 0 aliphatic heterocycles. The second-order valence-electron chi connectivity index (χ2n) is 2.58. The minimum atomic E-state index is -0.743. The molecule has 0 heterocycles. The molecule has 0 atom stereocenters. The van der Waals surface area contributed by atoms with Crippen molar-refractivity contribution in [1.82, 2.24) is 0 Å². The van der Waals surface area contributed by atoms with Gasteiger partial charge in [-0.3, -0.25) is 9.59 Å². The number of rotatable bonds is 4. The van der Waals surface area contributed by atoms with Crippen LogP contribution in [0.1, 0.15) is 27.6 Å². The Labute approximate surface area is 80.5 Å². The van der Waals surface area contributed by atoms with Gasteiger partial charge in [0.05, 0.1) is 12.2 Å². The summed E-state index contributed by atoms with van der Waals surface area (Å²) < 4.78 is 18.2. The van der Waals surface area contributed by atoms with Crippen LogP contribution in [0.5, 0.6) is 5.75 Å². The first-order valence-electron chi connectivity index (χ1n) is 4.09. The van der Waals surface area contributed by atoms with Gasteiger partial charge in [0.1, 0.15) is 17.9 Å². The number of benzene rings is 1. The molecule has 0 aromatic heterocycles. The van der Waals surface area contributed by atoms with Gasteiger partial charge in [-0.25, -0.2) is 4.39 Å². The van der Waals surface area contributed by atoms with E-state index in [1.807, 2.05) is 0 Å². The Hall–Kier alpha value is -1.71. The Morgan fingerprint density at radius 3 is 2.57 bits per heavy atom. The molecule has 0 aliphatic carbocycles. The zero-order chi connectivity index (χ0) is 10.6. The molecule has 0 saturated carbocycles. The highest BCUT2D eigenvalue weighted by Gasteiger charge is 2.10. The van der Waals surface area contributed by atoms with Crippen LogP contribution in [-0.4, -0.2) is 19.2 Å². The molecular weight excluding hydrogens is 187 g/mol. The largest absolute Gasteiger partial charge is 0.493 e. The summed E-state index contributed by atoms with van der Waals surface area (Å²) in [6.45, 7) is 2.02. The van der Waals surface area contributed by atoms with Crippen LogP contribution in [0.15, 0.2) is 12.1 Å². The highest BCUT2D eigenvalue weighted by molar-refractivity contribution is 5.84. The van der Waals surface area contributed by atoms with E-state index in [0.717, 1.165) is 6.07 Å². The van der Waals surface area contributed by atoms with Crippen molar-refractivity contribution in [2.75, 3.05) is 6.61 Å². The number of hydrogen-bond acceptors (Lipinski definition) is 3. The molecule has 0 bridgehead atoms. The maximum Gasteiger partial charge on any atom is 0.156 e. The smallest absolute Gasteiger partial charge is 0.156 e. The fourth-order valence-electron chi connectivity index (χ4n) is 1.07. The van der Waals surface area contributed by atoms with E-state index in [1.165, 1.54) is 6.07 Å². The highest BCUT2D eigenvalue weighted by Crippen LogP contribution is 2.21. The van der Waals surface area contributed by atoms with E-state index in [0.29, 0.717) is 19.2 Å². The van der Waals surface area contributed by atoms with Gasteiger partial charge < -0.3 is 4.74 Å². The summed E-state index contributed by atoms with van der Waals surface area (Å²) in [6, 6.07) is 2.34. The SMILES string of the molecule is CCOc1cc(C=O)cc(F)c1C=O. The number of carbonyl (C=O) groups excluding carboxylic acids is 2. The first kappa shape index (κ1) is 10.4. The molecule has 1 rings (SSSR count). The fourth-order valence-corrected chi connectivity index (χ4v) is 1.07. The third-order valence-corrected chi connectivity index (χ3v) is 1.67. The molecule has 0 saturated heterocycles. The van der Waals surface area contributed by atoms with E-state index in [-0.39, 0.29) is 16.9 Å². The number of hydrogen-bond donors (Lipinski definition) is 0. The van der Waals surface area contributed by atoms with Crippen LogP contribution in [0.4, 0.5) is 4.39 Å². The Kier molecular flexibility index (Phi) is 3.34. The second-order valence-corrected chi connectivity index (χ2v) is 2.58. The summed E-state index contributed by atoms with van der Waals surface area (Å²) >= 11 is 0. The van der Waals surface area contributed by atoms with Crippen molar-refractivity contribution >= 4 is 12.6 Å². The van der Waals surface area contributed by atoms with Crippen molar-refractivity contribution in [3.63, 3.8) is 0 Å². The average Bonchev–Trinajstić information content (AvgIpc) is 2.18. The molecular formula is C10H9FO3. The normalized spacial score (nSPS) is 9.57. The monoisotopic (exact) mass is 196 g/mol. The molecule has 14 heavy (non-hydrogen) atoms. The fraction of sp³-hybridized carbons (Fsp3) is 0.200. The van der Waals surface area contributed by atoms with E-state index in [1.54, 1.807) is 6.92 Å². The maximum absolute atomic E-state index is 13.2. The van der Waals surface area contributed by atoms with Crippen LogP contribution in [0.25, 0.3) is 0 Å². The minimum absolute atomic E-state index is 0.101. The van der Waals surface area contributed by atoms with Gasteiger partial charge in [0.15, 0.2) is 6.29 Å². The van der Waals surface area contributed by atoms with Crippen molar-refractivity contribution in [3.8, 4) is 5.75 Å². The van der Waals surface area contributed by atoms with Gasteiger partial charge in [0.2, 0.25) is 0 Å². The number of ether oxygens (including phenoxy) is 1. The molecule has 0 fully saturated rings. The van der Waals surface area contributed by atoms with Crippen LogP contribution in [0.2, 0.25) is 0 Å². The number of halogens is 1. The van der Waals surface area contributed by atoms with Crippen LogP contribution in [-0.2, 0) is 0 Å². The van der Waals surface area contributed by atoms with Gasteiger partial charge in [0, 0.05) is 5.56 Å². The van der Waals surface area contributed by atoms with Crippen molar-refractivity contribution in [3.05, 3.63) is 29.1 Å². The highest BCUT2D eigenvalue weighted by atomic mass is 19.1. The lowest BCUT2D eigenvalue weighted by atomic mass is 10.1. The first-order chi connectivity index (χ1) is 6.72. The molecule has 0 spiro atoms. The Balaban J connectivity index is 3.27. The zero-order valence-electron chi connectivity index (χ0n) is 7.62. The van der Waals surface area contributed by atoms with Gasteiger partial charge in [-0.05, 0) is 19.1 Å². The molecule has 0 N–H and O–H groups in total. The van der Waals surface area contributed by atoms with Gasteiger partial charge in [-0.1, -0.05) is 0 Å². The van der Waals surface area contributed by atoms with Crippen molar-refractivity contribution in [2.24, 2.45) is 0 Å². The first-order valence-corrected chi connectivity index (χ1v) is 4.09. The molecule has 0 amide bonds. The summed E-state index contributed by atoms with van der Waals surface area (Å²) in [7, 11) is 0. The lowest BCUT2D eigenvalue weighted by molar-refractivity contribution is 0.110. The van der Waals surface area contributed by atoms with Crippen molar-refractivity contribution in [2.45, 2.75) is 6.92 Å². The van der Waals surface area contributed by atoms with Crippen molar-refractivity contribution in [1.29, 1.82) is 0 Å². The van der Waals surface area contributed by atoms with E-state index < -0.39 is 5.82 Å². The molecule has 0 radical (unpaired) electrons. The molecule has 4 heteroatoms. The van der Waals surface area contributed by atoms with Gasteiger partial charge in [0.25, 0.3) is 0 Å². The van der Waals surface area contributed by atoms with Crippen LogP contribution in [0.3, 0.4) is 0 Å². The van der Waals surface area contributed by atoms with E-state index in [4.69, 9.17) is 4.74 Å². The summed E-state index contributed by atoms with van der Waals surface area (Å²) in [6.07, 6.45) is 0.870. The van der Waals surface area contributed by atoms with Crippen LogP contribution in [0, 0.1) is 5.82 Å². The van der Waals surface area contributed by atoms with Crippen molar-refractivity contribution < 1.29 is 18.7 Å². The Morgan fingerprint density at radius 1 is 1.36 bits per heavy atom. The maximum atomic E-state index is 13.2. The molecule has 74 valence electrons. The van der Waals surface area contributed by atoms with E-state index in [9.17, 15) is 14.0 Å². The molecule has 1 aromatic rings. The number of aldehydes is 2. The third kappa shape index (κ3) is 1.96. The van der Waals surface area contributed by atoms with Crippen LogP contribution >= 0.6 is 0 Å². The quantitative estimate of drug-likeness (QED) is 0.690. The third-order valence-electron chi connectivity index (χ3n) is 1.67. The van der Waals surface area contributed by atoms with Gasteiger partial charge in [-0.2, -0.15) is 0 Å². The Morgan fingerprint density at radius 2 is 2.07 bits per heavy atom. The van der Waals surface area contributed by atoms with Crippen LogP contribution < -0.4 is 4.74 Å². The Bertz CT molecular complexity index is 361. The lowest BCUT2D eigenvalue weighted by Crippen LogP contribution is -2.00. The lowest BCUT2D eigenvalue weighted by Gasteiger charge is -2.07. The minimum Gasteiger partial charge on any atom is -0.493 e. The summed E-state index contributed by atoms with van der Waals surface area (Å²) in [4.78, 5) is 20.9.